The SMILES string of the molecule is Fc1ccc(F)c(COc2ccc3ccccc3c2Br)c1. The lowest BCUT2D eigenvalue weighted by atomic mass is 10.1. The van der Waals surface area contributed by atoms with Crippen LogP contribution < -0.4 is 4.74 Å². The number of fused-ring (bicyclic) bond motifs is 1. The van der Waals surface area contributed by atoms with E-state index in [2.05, 4.69) is 15.9 Å². The maximum absolute atomic E-state index is 13.6. The van der Waals surface area contributed by atoms with Gasteiger partial charge in [-0.2, -0.15) is 0 Å². The third kappa shape index (κ3) is 2.90. The van der Waals surface area contributed by atoms with Crippen LogP contribution in [0.1, 0.15) is 5.56 Å². The fourth-order valence-electron chi connectivity index (χ4n) is 2.13. The van der Waals surface area contributed by atoms with Crippen molar-refractivity contribution < 1.29 is 13.5 Å². The lowest BCUT2D eigenvalue weighted by Crippen LogP contribution is -2.00. The molecule has 0 saturated carbocycles. The van der Waals surface area contributed by atoms with Gasteiger partial charge < -0.3 is 4.74 Å². The van der Waals surface area contributed by atoms with E-state index in [0.717, 1.165) is 33.4 Å². The summed E-state index contributed by atoms with van der Waals surface area (Å²) in [5.74, 6) is -0.363. The first-order valence-electron chi connectivity index (χ1n) is 6.39. The van der Waals surface area contributed by atoms with Gasteiger partial charge in [-0.05, 0) is 51.0 Å². The van der Waals surface area contributed by atoms with Gasteiger partial charge in [0, 0.05) is 5.56 Å². The van der Waals surface area contributed by atoms with E-state index in [9.17, 15) is 8.78 Å². The minimum atomic E-state index is -0.479. The quantitative estimate of drug-likeness (QED) is 0.610. The zero-order chi connectivity index (χ0) is 14.8. The van der Waals surface area contributed by atoms with Gasteiger partial charge in [-0.25, -0.2) is 8.78 Å². The summed E-state index contributed by atoms with van der Waals surface area (Å²) in [6.07, 6.45) is 0. The Morgan fingerprint density at radius 3 is 2.62 bits per heavy atom. The van der Waals surface area contributed by atoms with Crippen molar-refractivity contribution in [3.63, 3.8) is 0 Å². The van der Waals surface area contributed by atoms with Gasteiger partial charge in [0.1, 0.15) is 24.0 Å². The lowest BCUT2D eigenvalue weighted by molar-refractivity contribution is 0.297. The third-order valence-electron chi connectivity index (χ3n) is 3.22. The number of benzene rings is 3. The molecule has 106 valence electrons. The smallest absolute Gasteiger partial charge is 0.134 e. The molecule has 4 heteroatoms. The molecule has 0 N–H and O–H groups in total. The summed E-state index contributed by atoms with van der Waals surface area (Å²) in [4.78, 5) is 0. The molecule has 0 radical (unpaired) electrons. The van der Waals surface area contributed by atoms with Gasteiger partial charge in [0.05, 0.1) is 4.47 Å². The highest BCUT2D eigenvalue weighted by Gasteiger charge is 2.09. The van der Waals surface area contributed by atoms with Gasteiger partial charge in [0.15, 0.2) is 0 Å². The maximum atomic E-state index is 13.6. The zero-order valence-electron chi connectivity index (χ0n) is 10.9. The summed E-state index contributed by atoms with van der Waals surface area (Å²) in [5.41, 5.74) is 0.190. The maximum Gasteiger partial charge on any atom is 0.134 e. The van der Waals surface area contributed by atoms with Crippen molar-refractivity contribution in [2.75, 3.05) is 0 Å². The molecule has 3 aromatic rings. The van der Waals surface area contributed by atoms with Crippen LogP contribution in [0.3, 0.4) is 0 Å². The Morgan fingerprint density at radius 2 is 1.76 bits per heavy atom. The Kier molecular flexibility index (Phi) is 3.88. The van der Waals surface area contributed by atoms with Crippen molar-refractivity contribution in [3.8, 4) is 5.75 Å². The van der Waals surface area contributed by atoms with E-state index in [1.54, 1.807) is 0 Å². The van der Waals surface area contributed by atoms with Crippen LogP contribution in [0.4, 0.5) is 8.78 Å². The molecule has 21 heavy (non-hydrogen) atoms. The molecule has 0 spiro atoms. The fourth-order valence-corrected chi connectivity index (χ4v) is 2.74. The van der Waals surface area contributed by atoms with Crippen molar-refractivity contribution in [1.82, 2.24) is 0 Å². The van der Waals surface area contributed by atoms with E-state index >= 15 is 0 Å². The molecule has 0 aliphatic rings. The predicted octanol–water partition coefficient (Wildman–Crippen LogP) is 5.46. The summed E-state index contributed by atoms with van der Waals surface area (Å²) in [6, 6.07) is 14.9. The van der Waals surface area contributed by atoms with Gasteiger partial charge >= 0.3 is 0 Å². The Labute approximate surface area is 129 Å². The first-order valence-corrected chi connectivity index (χ1v) is 7.18. The highest BCUT2D eigenvalue weighted by Crippen LogP contribution is 2.33. The van der Waals surface area contributed by atoms with E-state index in [4.69, 9.17) is 4.74 Å². The molecule has 0 saturated heterocycles. The van der Waals surface area contributed by atoms with Crippen molar-refractivity contribution in [1.29, 1.82) is 0 Å². The van der Waals surface area contributed by atoms with Gasteiger partial charge in [0.25, 0.3) is 0 Å². The molecule has 3 rings (SSSR count). The van der Waals surface area contributed by atoms with E-state index in [-0.39, 0.29) is 12.2 Å². The van der Waals surface area contributed by atoms with Crippen LogP contribution in [-0.2, 0) is 6.61 Å². The largest absolute Gasteiger partial charge is 0.488 e. The van der Waals surface area contributed by atoms with Crippen LogP contribution in [-0.4, -0.2) is 0 Å². The average Bonchev–Trinajstić information content (AvgIpc) is 2.50. The second-order valence-corrected chi connectivity index (χ2v) is 5.42. The molecule has 0 aliphatic carbocycles. The molecule has 0 heterocycles. The average molecular weight is 349 g/mol. The van der Waals surface area contributed by atoms with Gasteiger partial charge in [-0.1, -0.05) is 30.3 Å². The first-order chi connectivity index (χ1) is 10.1. The fraction of sp³-hybridized carbons (Fsp3) is 0.0588. The van der Waals surface area contributed by atoms with Crippen molar-refractivity contribution in [2.24, 2.45) is 0 Å². The Bertz CT molecular complexity index is 802. The lowest BCUT2D eigenvalue weighted by Gasteiger charge is -2.11. The topological polar surface area (TPSA) is 9.23 Å². The van der Waals surface area contributed by atoms with E-state index in [0.29, 0.717) is 5.75 Å². The van der Waals surface area contributed by atoms with Crippen LogP contribution in [0, 0.1) is 11.6 Å². The molecule has 0 unspecified atom stereocenters. The second kappa shape index (κ2) is 5.82. The molecule has 0 aliphatic heterocycles. The predicted molar refractivity (Wildman–Crippen MR) is 82.3 cm³/mol. The Balaban J connectivity index is 1.88. The molecule has 1 nitrogen and oxygen atoms in total. The van der Waals surface area contributed by atoms with Crippen molar-refractivity contribution >= 4 is 26.7 Å². The summed E-state index contributed by atoms with van der Waals surface area (Å²) < 4.78 is 33.1. The second-order valence-electron chi connectivity index (χ2n) is 4.62. The number of hydrogen-bond donors (Lipinski definition) is 0. The highest BCUT2D eigenvalue weighted by atomic mass is 79.9. The van der Waals surface area contributed by atoms with Crippen molar-refractivity contribution in [2.45, 2.75) is 6.61 Å². The van der Waals surface area contributed by atoms with Crippen LogP contribution >= 0.6 is 15.9 Å². The van der Waals surface area contributed by atoms with Gasteiger partial charge in [-0.3, -0.25) is 0 Å². The highest BCUT2D eigenvalue weighted by molar-refractivity contribution is 9.10. The molecule has 0 bridgehead atoms. The summed E-state index contributed by atoms with van der Waals surface area (Å²) in [5, 5.41) is 2.09. The summed E-state index contributed by atoms with van der Waals surface area (Å²) in [7, 11) is 0. The first kappa shape index (κ1) is 14.0. The van der Waals surface area contributed by atoms with E-state index in [1.165, 1.54) is 0 Å². The van der Waals surface area contributed by atoms with E-state index in [1.807, 2.05) is 36.4 Å². The third-order valence-corrected chi connectivity index (χ3v) is 4.04. The molecule has 3 aromatic carbocycles. The number of hydrogen-bond acceptors (Lipinski definition) is 1. The van der Waals surface area contributed by atoms with Crippen LogP contribution in [0.15, 0.2) is 59.1 Å². The van der Waals surface area contributed by atoms with Crippen LogP contribution in [0.25, 0.3) is 10.8 Å². The number of halogens is 3. The molecule has 0 amide bonds. The standard InChI is InChI=1S/C17H11BrF2O/c18-17-14-4-2-1-3-11(14)5-8-16(17)21-10-12-9-13(19)6-7-15(12)20/h1-9H,10H2. The number of ether oxygens (including phenoxy) is 1. The van der Waals surface area contributed by atoms with Crippen LogP contribution in [0.2, 0.25) is 0 Å². The molecular weight excluding hydrogens is 338 g/mol. The Morgan fingerprint density at radius 1 is 0.952 bits per heavy atom. The normalized spacial score (nSPS) is 10.8. The molecular formula is C17H11BrF2O. The summed E-state index contributed by atoms with van der Waals surface area (Å²) in [6.45, 7) is -0.0272. The number of rotatable bonds is 3. The van der Waals surface area contributed by atoms with Crippen LogP contribution in [0.5, 0.6) is 5.75 Å². The van der Waals surface area contributed by atoms with Gasteiger partial charge in [-0.15, -0.1) is 0 Å². The van der Waals surface area contributed by atoms with Gasteiger partial charge in [0.2, 0.25) is 0 Å². The molecule has 0 atom stereocenters. The van der Waals surface area contributed by atoms with E-state index < -0.39 is 11.6 Å². The minimum Gasteiger partial charge on any atom is -0.488 e. The minimum absolute atomic E-state index is 0.0272. The molecule has 0 aromatic heterocycles. The molecule has 0 fully saturated rings. The zero-order valence-corrected chi connectivity index (χ0v) is 12.5. The monoisotopic (exact) mass is 348 g/mol. The van der Waals surface area contributed by atoms with Crippen molar-refractivity contribution in [3.05, 3.63) is 76.3 Å². The summed E-state index contributed by atoms with van der Waals surface area (Å²) >= 11 is 3.50. The Hall–Kier alpha value is -1.94.